The molecule has 0 bridgehead atoms. The van der Waals surface area contributed by atoms with E-state index < -0.39 is 15.9 Å². The first-order valence-corrected chi connectivity index (χ1v) is 10.8. The SMILES string of the molecule is O=C(NC(NC(=S)Nc1ccc2ccccc2c1)C(Cl)(Cl)Cl)c1cccc(Br)c1. The lowest BCUT2D eigenvalue weighted by atomic mass is 10.1. The van der Waals surface area contributed by atoms with E-state index in [2.05, 4.69) is 31.9 Å². The van der Waals surface area contributed by atoms with Gasteiger partial charge in [-0.1, -0.05) is 87.1 Å². The van der Waals surface area contributed by atoms with Gasteiger partial charge in [0, 0.05) is 15.7 Å². The highest BCUT2D eigenvalue weighted by molar-refractivity contribution is 9.10. The lowest BCUT2D eigenvalue weighted by molar-refractivity contribution is 0.0934. The van der Waals surface area contributed by atoms with Crippen LogP contribution in [0.5, 0.6) is 0 Å². The third-order valence-corrected chi connectivity index (χ3v) is 5.34. The first-order valence-electron chi connectivity index (χ1n) is 8.42. The van der Waals surface area contributed by atoms with Crippen LogP contribution in [-0.2, 0) is 0 Å². The molecule has 0 fully saturated rings. The summed E-state index contributed by atoms with van der Waals surface area (Å²) >= 11 is 26.8. The van der Waals surface area contributed by atoms with Gasteiger partial charge in [0.15, 0.2) is 5.11 Å². The maximum atomic E-state index is 12.5. The third kappa shape index (κ3) is 6.20. The average molecular weight is 532 g/mol. The van der Waals surface area contributed by atoms with E-state index in [0.29, 0.717) is 5.56 Å². The molecular weight excluding hydrogens is 517 g/mol. The van der Waals surface area contributed by atoms with Gasteiger partial charge in [0.25, 0.3) is 5.91 Å². The minimum Gasteiger partial charge on any atom is -0.339 e. The number of benzene rings is 3. The van der Waals surface area contributed by atoms with Crippen LogP contribution in [0, 0.1) is 0 Å². The smallest absolute Gasteiger partial charge is 0.253 e. The van der Waals surface area contributed by atoms with E-state index in [1.54, 1.807) is 18.2 Å². The minimum absolute atomic E-state index is 0.200. The summed E-state index contributed by atoms with van der Waals surface area (Å²) in [6, 6.07) is 20.6. The largest absolute Gasteiger partial charge is 0.339 e. The van der Waals surface area contributed by atoms with Gasteiger partial charge in [-0.15, -0.1) is 0 Å². The van der Waals surface area contributed by atoms with Crippen molar-refractivity contribution >= 4 is 90.4 Å². The number of anilines is 1. The minimum atomic E-state index is -1.84. The van der Waals surface area contributed by atoms with Gasteiger partial charge in [-0.05, 0) is 53.3 Å². The highest BCUT2D eigenvalue weighted by Crippen LogP contribution is 2.29. The molecule has 4 nitrogen and oxygen atoms in total. The Labute approximate surface area is 197 Å². The average Bonchev–Trinajstić information content (AvgIpc) is 2.66. The number of thiocarbonyl (C=S) groups is 1. The fourth-order valence-corrected chi connectivity index (χ4v) is 3.57. The van der Waals surface area contributed by atoms with Gasteiger partial charge >= 0.3 is 0 Å². The Kier molecular flexibility index (Phi) is 7.24. The fourth-order valence-electron chi connectivity index (χ4n) is 2.61. The number of nitrogens with one attached hydrogen (secondary N) is 3. The lowest BCUT2D eigenvalue weighted by Gasteiger charge is -2.27. The van der Waals surface area contributed by atoms with Crippen molar-refractivity contribution in [2.45, 2.75) is 9.96 Å². The van der Waals surface area contributed by atoms with Gasteiger partial charge in [-0.3, -0.25) is 4.79 Å². The predicted octanol–water partition coefficient (Wildman–Crippen LogP) is 6.02. The molecule has 0 saturated carbocycles. The summed E-state index contributed by atoms with van der Waals surface area (Å²) in [5.74, 6) is -0.413. The zero-order chi connectivity index (χ0) is 21.0. The Morgan fingerprint density at radius 1 is 0.931 bits per heavy atom. The molecule has 0 aromatic heterocycles. The molecule has 0 saturated heterocycles. The van der Waals surface area contributed by atoms with Gasteiger partial charge in [-0.25, -0.2) is 0 Å². The van der Waals surface area contributed by atoms with Gasteiger partial charge < -0.3 is 16.0 Å². The molecule has 1 amide bonds. The molecule has 0 aliphatic carbocycles. The summed E-state index contributed by atoms with van der Waals surface area (Å²) in [5, 5.41) is 10.9. The second kappa shape index (κ2) is 9.49. The van der Waals surface area contributed by atoms with Crippen molar-refractivity contribution in [1.82, 2.24) is 10.6 Å². The molecule has 150 valence electrons. The summed E-state index contributed by atoms with van der Waals surface area (Å²) in [6.45, 7) is 0. The topological polar surface area (TPSA) is 53.2 Å². The van der Waals surface area contributed by atoms with E-state index in [9.17, 15) is 4.79 Å². The standard InChI is InChI=1S/C20H15BrCl3N3OS/c21-15-7-3-6-14(10-15)17(28)26-18(20(22,23)24)27-19(29)25-16-9-8-12-4-1-2-5-13(12)11-16/h1-11,18H,(H,26,28)(H2,25,27,29). The summed E-state index contributed by atoms with van der Waals surface area (Å²) in [4.78, 5) is 12.5. The maximum Gasteiger partial charge on any atom is 0.253 e. The van der Waals surface area contributed by atoms with E-state index in [1.807, 2.05) is 48.5 Å². The number of amides is 1. The molecule has 29 heavy (non-hydrogen) atoms. The van der Waals surface area contributed by atoms with Gasteiger partial charge in [-0.2, -0.15) is 0 Å². The molecule has 0 heterocycles. The first-order chi connectivity index (χ1) is 13.7. The fraction of sp³-hybridized carbons (Fsp3) is 0.100. The number of hydrogen-bond donors (Lipinski definition) is 3. The number of rotatable bonds is 4. The van der Waals surface area contributed by atoms with Crippen LogP contribution in [-0.4, -0.2) is 21.0 Å². The van der Waals surface area contributed by atoms with Crippen LogP contribution in [0.15, 0.2) is 71.2 Å². The van der Waals surface area contributed by atoms with Crippen LogP contribution in [0.3, 0.4) is 0 Å². The number of carbonyl (C=O) groups is 1. The monoisotopic (exact) mass is 529 g/mol. The maximum absolute atomic E-state index is 12.5. The van der Waals surface area contributed by atoms with Crippen LogP contribution in [0.4, 0.5) is 5.69 Å². The normalized spacial score (nSPS) is 12.3. The van der Waals surface area contributed by atoms with Crippen LogP contribution < -0.4 is 16.0 Å². The Bertz CT molecular complexity index is 1060. The molecule has 1 unspecified atom stereocenters. The lowest BCUT2D eigenvalue weighted by Crippen LogP contribution is -2.56. The number of hydrogen-bond acceptors (Lipinski definition) is 2. The summed E-state index contributed by atoms with van der Waals surface area (Å²) in [6.07, 6.45) is -1.06. The third-order valence-electron chi connectivity index (χ3n) is 3.97. The number of alkyl halides is 3. The zero-order valence-electron chi connectivity index (χ0n) is 14.8. The Morgan fingerprint density at radius 3 is 2.34 bits per heavy atom. The molecular formula is C20H15BrCl3N3OS. The molecule has 3 aromatic carbocycles. The van der Waals surface area contributed by atoms with Crippen molar-refractivity contribution in [3.8, 4) is 0 Å². The predicted molar refractivity (Wildman–Crippen MR) is 129 cm³/mol. The van der Waals surface area contributed by atoms with Crippen LogP contribution >= 0.6 is 63.0 Å². The summed E-state index contributed by atoms with van der Waals surface area (Å²) in [7, 11) is 0. The van der Waals surface area contributed by atoms with E-state index in [1.165, 1.54) is 0 Å². The summed E-state index contributed by atoms with van der Waals surface area (Å²) < 4.78 is -1.08. The van der Waals surface area contributed by atoms with Crippen molar-refractivity contribution in [1.29, 1.82) is 0 Å². The molecule has 0 aliphatic rings. The molecule has 3 N–H and O–H groups in total. The molecule has 9 heteroatoms. The molecule has 0 radical (unpaired) electrons. The highest BCUT2D eigenvalue weighted by atomic mass is 79.9. The Morgan fingerprint density at radius 2 is 1.66 bits per heavy atom. The van der Waals surface area contributed by atoms with E-state index in [-0.39, 0.29) is 5.11 Å². The number of halogens is 4. The number of carbonyl (C=O) groups excluding carboxylic acids is 1. The van der Waals surface area contributed by atoms with Crippen LogP contribution in [0.2, 0.25) is 0 Å². The first kappa shape index (κ1) is 22.1. The second-order valence-electron chi connectivity index (χ2n) is 6.12. The number of fused-ring (bicyclic) bond motifs is 1. The highest BCUT2D eigenvalue weighted by Gasteiger charge is 2.35. The van der Waals surface area contributed by atoms with Crippen molar-refractivity contribution < 1.29 is 4.79 Å². The van der Waals surface area contributed by atoms with E-state index in [4.69, 9.17) is 47.0 Å². The van der Waals surface area contributed by atoms with Crippen molar-refractivity contribution in [2.75, 3.05) is 5.32 Å². The Balaban J connectivity index is 1.70. The van der Waals surface area contributed by atoms with E-state index >= 15 is 0 Å². The Hall–Kier alpha value is -1.57. The van der Waals surface area contributed by atoms with Gasteiger partial charge in [0.1, 0.15) is 6.17 Å². The molecule has 3 aromatic rings. The quantitative estimate of drug-likeness (QED) is 0.219. The molecule has 1 atom stereocenters. The van der Waals surface area contributed by atoms with Crippen molar-refractivity contribution in [2.24, 2.45) is 0 Å². The second-order valence-corrected chi connectivity index (χ2v) is 9.81. The van der Waals surface area contributed by atoms with Crippen LogP contribution in [0.25, 0.3) is 10.8 Å². The van der Waals surface area contributed by atoms with Crippen molar-refractivity contribution in [3.63, 3.8) is 0 Å². The molecule has 0 aliphatic heterocycles. The molecule has 0 spiro atoms. The zero-order valence-corrected chi connectivity index (χ0v) is 19.4. The van der Waals surface area contributed by atoms with Crippen molar-refractivity contribution in [3.05, 3.63) is 76.8 Å². The summed E-state index contributed by atoms with van der Waals surface area (Å²) in [5.41, 5.74) is 1.18. The van der Waals surface area contributed by atoms with Gasteiger partial charge in [0.05, 0.1) is 0 Å². The molecule has 3 rings (SSSR count). The van der Waals surface area contributed by atoms with Gasteiger partial charge in [0.2, 0.25) is 3.79 Å². The van der Waals surface area contributed by atoms with E-state index in [0.717, 1.165) is 20.9 Å². The van der Waals surface area contributed by atoms with Crippen LogP contribution in [0.1, 0.15) is 10.4 Å².